The predicted octanol–water partition coefficient (Wildman–Crippen LogP) is 2.48. The zero-order chi connectivity index (χ0) is 13.1. The van der Waals surface area contributed by atoms with Crippen molar-refractivity contribution >= 4 is 17.5 Å². The molecule has 0 bridgehead atoms. The zero-order valence-electron chi connectivity index (χ0n) is 9.60. The van der Waals surface area contributed by atoms with Crippen molar-refractivity contribution in [3.8, 4) is 11.3 Å². The maximum Gasteiger partial charge on any atom is 0.219 e. The lowest BCUT2D eigenvalue weighted by Gasteiger charge is -2.05. The average Bonchev–Trinajstić information content (AvgIpc) is 2.78. The third kappa shape index (κ3) is 2.91. The second kappa shape index (κ2) is 5.25. The molecule has 94 valence electrons. The van der Waals surface area contributed by atoms with Gasteiger partial charge in [0.15, 0.2) is 0 Å². The quantitative estimate of drug-likeness (QED) is 0.890. The van der Waals surface area contributed by atoms with Crippen LogP contribution in [-0.4, -0.2) is 5.91 Å². The van der Waals surface area contributed by atoms with Crippen molar-refractivity contribution in [1.29, 1.82) is 0 Å². The van der Waals surface area contributed by atoms with Crippen molar-refractivity contribution in [2.45, 2.75) is 12.5 Å². The lowest BCUT2D eigenvalue weighted by Crippen LogP contribution is -2.20. The lowest BCUT2D eigenvalue weighted by molar-refractivity contribution is -0.118. The van der Waals surface area contributed by atoms with Gasteiger partial charge >= 0.3 is 0 Å². The number of hydrogen-bond donors (Lipinski definition) is 2. The van der Waals surface area contributed by atoms with Gasteiger partial charge in [-0.05, 0) is 36.4 Å². The number of nitrogens with two attached hydrogens (primary N) is 2. The van der Waals surface area contributed by atoms with Gasteiger partial charge in [0.05, 0.1) is 6.04 Å². The Morgan fingerprint density at radius 1 is 1.22 bits per heavy atom. The molecule has 4 N–H and O–H groups in total. The van der Waals surface area contributed by atoms with Gasteiger partial charge in [-0.15, -0.1) is 0 Å². The van der Waals surface area contributed by atoms with Gasteiger partial charge in [0.1, 0.15) is 11.5 Å². The number of rotatable bonds is 4. The Bertz CT molecular complexity index is 548. The Kier molecular flexibility index (Phi) is 3.69. The topological polar surface area (TPSA) is 82.2 Å². The van der Waals surface area contributed by atoms with E-state index in [1.807, 2.05) is 12.1 Å². The highest BCUT2D eigenvalue weighted by Gasteiger charge is 2.14. The summed E-state index contributed by atoms with van der Waals surface area (Å²) in [5, 5.41) is 0.663. The fourth-order valence-corrected chi connectivity index (χ4v) is 1.76. The summed E-state index contributed by atoms with van der Waals surface area (Å²) in [5.41, 5.74) is 11.8. The van der Waals surface area contributed by atoms with Gasteiger partial charge in [0, 0.05) is 17.0 Å². The molecule has 2 aromatic rings. The predicted molar refractivity (Wildman–Crippen MR) is 69.9 cm³/mol. The molecule has 1 amide bonds. The standard InChI is InChI=1S/C13H13ClN2O2/c14-9-3-1-8(2-4-9)11-5-6-12(18-11)10(15)7-13(16)17/h1-6,10H,7,15H2,(H2,16,17)/t10-/m1/s1. The first-order chi connectivity index (χ1) is 8.56. The van der Waals surface area contributed by atoms with E-state index in [4.69, 9.17) is 27.5 Å². The lowest BCUT2D eigenvalue weighted by atomic mass is 10.1. The molecule has 0 aliphatic heterocycles. The van der Waals surface area contributed by atoms with Gasteiger partial charge in [0.2, 0.25) is 5.91 Å². The van der Waals surface area contributed by atoms with Crippen LogP contribution in [0.2, 0.25) is 5.02 Å². The van der Waals surface area contributed by atoms with Crippen LogP contribution in [0.15, 0.2) is 40.8 Å². The summed E-state index contributed by atoms with van der Waals surface area (Å²) in [5.74, 6) is 0.771. The number of primary amides is 1. The van der Waals surface area contributed by atoms with E-state index < -0.39 is 11.9 Å². The van der Waals surface area contributed by atoms with Gasteiger partial charge in [-0.2, -0.15) is 0 Å². The second-order valence-corrected chi connectivity index (χ2v) is 4.42. The molecule has 1 atom stereocenters. The summed E-state index contributed by atoms with van der Waals surface area (Å²) >= 11 is 5.81. The summed E-state index contributed by atoms with van der Waals surface area (Å²) in [6.45, 7) is 0. The molecule has 0 aliphatic carbocycles. The molecule has 1 aromatic carbocycles. The fraction of sp³-hybridized carbons (Fsp3) is 0.154. The van der Waals surface area contributed by atoms with Crippen LogP contribution < -0.4 is 11.5 Å². The van der Waals surface area contributed by atoms with Crippen molar-refractivity contribution in [1.82, 2.24) is 0 Å². The van der Waals surface area contributed by atoms with Crippen LogP contribution in [0.25, 0.3) is 11.3 Å². The normalized spacial score (nSPS) is 12.3. The minimum Gasteiger partial charge on any atom is -0.459 e. The number of carbonyl (C=O) groups is 1. The third-order valence-electron chi connectivity index (χ3n) is 2.54. The van der Waals surface area contributed by atoms with Crippen molar-refractivity contribution in [3.05, 3.63) is 47.2 Å². The van der Waals surface area contributed by atoms with Crippen LogP contribution in [0.4, 0.5) is 0 Å². The molecule has 2 rings (SSSR count). The molecule has 18 heavy (non-hydrogen) atoms. The average molecular weight is 265 g/mol. The van der Waals surface area contributed by atoms with Crippen molar-refractivity contribution < 1.29 is 9.21 Å². The summed E-state index contributed by atoms with van der Waals surface area (Å²) in [6, 6.07) is 10.3. The molecule has 0 radical (unpaired) electrons. The Hall–Kier alpha value is -1.78. The number of hydrogen-bond acceptors (Lipinski definition) is 3. The van der Waals surface area contributed by atoms with E-state index >= 15 is 0 Å². The molecule has 4 nitrogen and oxygen atoms in total. The van der Waals surface area contributed by atoms with E-state index in [1.54, 1.807) is 24.3 Å². The highest BCUT2D eigenvalue weighted by molar-refractivity contribution is 6.30. The second-order valence-electron chi connectivity index (χ2n) is 3.99. The number of carbonyl (C=O) groups excluding carboxylic acids is 1. The first kappa shape index (κ1) is 12.7. The molecule has 1 heterocycles. The number of furan rings is 1. The molecule has 0 saturated heterocycles. The van der Waals surface area contributed by atoms with Gasteiger partial charge < -0.3 is 15.9 Å². The summed E-state index contributed by atoms with van der Waals surface area (Å²) in [7, 11) is 0. The Balaban J connectivity index is 2.19. The summed E-state index contributed by atoms with van der Waals surface area (Å²) in [4.78, 5) is 10.8. The van der Waals surface area contributed by atoms with Gasteiger partial charge in [-0.25, -0.2) is 0 Å². The maximum absolute atomic E-state index is 10.8. The van der Waals surface area contributed by atoms with Gasteiger partial charge in [-0.1, -0.05) is 11.6 Å². The number of amides is 1. The molecular formula is C13H13ClN2O2. The summed E-state index contributed by atoms with van der Waals surface area (Å²) in [6.07, 6.45) is 0.0631. The molecule has 1 aromatic heterocycles. The molecule has 5 heteroatoms. The van der Waals surface area contributed by atoms with Crippen molar-refractivity contribution in [3.63, 3.8) is 0 Å². The van der Waals surface area contributed by atoms with Gasteiger partial charge in [-0.3, -0.25) is 4.79 Å². The van der Waals surface area contributed by atoms with E-state index in [0.29, 0.717) is 16.5 Å². The Morgan fingerprint density at radius 3 is 2.50 bits per heavy atom. The fourth-order valence-electron chi connectivity index (χ4n) is 1.64. The third-order valence-corrected chi connectivity index (χ3v) is 2.79. The first-order valence-corrected chi connectivity index (χ1v) is 5.83. The van der Waals surface area contributed by atoms with Crippen LogP contribution in [-0.2, 0) is 4.79 Å². The largest absolute Gasteiger partial charge is 0.459 e. The van der Waals surface area contributed by atoms with E-state index in [-0.39, 0.29) is 6.42 Å². The SMILES string of the molecule is NC(=O)C[C@@H](N)c1ccc(-c2ccc(Cl)cc2)o1. The Labute approximate surface area is 110 Å². The van der Waals surface area contributed by atoms with E-state index in [1.165, 1.54) is 0 Å². The monoisotopic (exact) mass is 264 g/mol. The molecule has 0 saturated carbocycles. The molecule has 0 spiro atoms. The zero-order valence-corrected chi connectivity index (χ0v) is 10.4. The van der Waals surface area contributed by atoms with Crippen LogP contribution in [0.5, 0.6) is 0 Å². The van der Waals surface area contributed by atoms with E-state index in [2.05, 4.69) is 0 Å². The molecule has 0 unspecified atom stereocenters. The van der Waals surface area contributed by atoms with Gasteiger partial charge in [0.25, 0.3) is 0 Å². The highest BCUT2D eigenvalue weighted by atomic mass is 35.5. The van der Waals surface area contributed by atoms with E-state index in [0.717, 1.165) is 5.56 Å². The van der Waals surface area contributed by atoms with Crippen molar-refractivity contribution in [2.24, 2.45) is 11.5 Å². The number of halogens is 1. The molecule has 0 fully saturated rings. The van der Waals surface area contributed by atoms with Crippen LogP contribution >= 0.6 is 11.6 Å². The van der Waals surface area contributed by atoms with Crippen LogP contribution in [0.3, 0.4) is 0 Å². The maximum atomic E-state index is 10.8. The van der Waals surface area contributed by atoms with Crippen LogP contribution in [0.1, 0.15) is 18.2 Å². The van der Waals surface area contributed by atoms with Crippen LogP contribution in [0, 0.1) is 0 Å². The molecular weight excluding hydrogens is 252 g/mol. The van der Waals surface area contributed by atoms with E-state index in [9.17, 15) is 4.79 Å². The summed E-state index contributed by atoms with van der Waals surface area (Å²) < 4.78 is 5.60. The first-order valence-electron chi connectivity index (χ1n) is 5.46. The number of benzene rings is 1. The minimum absolute atomic E-state index is 0.0631. The molecule has 0 aliphatic rings. The van der Waals surface area contributed by atoms with Crippen molar-refractivity contribution in [2.75, 3.05) is 0 Å². The Morgan fingerprint density at radius 2 is 1.89 bits per heavy atom. The highest BCUT2D eigenvalue weighted by Crippen LogP contribution is 2.26. The minimum atomic E-state index is -0.511. The smallest absolute Gasteiger partial charge is 0.219 e.